The molecule has 596 valence electrons. The van der Waals surface area contributed by atoms with Gasteiger partial charge in [0.15, 0.2) is 50.6 Å². The molecule has 0 atom stereocenters. The molecule has 51 heteroatoms. The van der Waals surface area contributed by atoms with Crippen molar-refractivity contribution in [2.24, 2.45) is 16.1 Å². The maximum atomic E-state index is 11.8. The fraction of sp³-hybridized carbons (Fsp3) is 0.283. The summed E-state index contributed by atoms with van der Waals surface area (Å²) in [6, 6.07) is 16.5. The van der Waals surface area contributed by atoms with E-state index in [4.69, 9.17) is 202 Å². The topological polar surface area (TPSA) is 422 Å². The van der Waals surface area contributed by atoms with E-state index in [0.717, 1.165) is 35.0 Å². The summed E-state index contributed by atoms with van der Waals surface area (Å²) < 4.78 is 20.3. The number of aliphatic carboxylic acids is 1. The number of phenolic OH excluding ortho intramolecular Hbond substituents is 2. The first-order chi connectivity index (χ1) is 50.7. The number of aromatic hydroxyl groups is 2. The number of nitrogen functional groups attached to an aromatic ring is 1. The summed E-state index contributed by atoms with van der Waals surface area (Å²) in [4.78, 5) is 101. The molecule has 2 radical (unpaired) electrons. The number of carboxylic acids is 1. The number of anilines is 3. The van der Waals surface area contributed by atoms with Gasteiger partial charge in [-0.1, -0.05) is 139 Å². The van der Waals surface area contributed by atoms with Gasteiger partial charge < -0.3 is 56.5 Å². The van der Waals surface area contributed by atoms with Crippen molar-refractivity contribution in [3.05, 3.63) is 154 Å². The number of nitro benzene ring substituents is 2. The van der Waals surface area contributed by atoms with E-state index in [9.17, 15) is 54.1 Å². The minimum atomic E-state index is -0.826. The zero-order valence-electron chi connectivity index (χ0n) is 59.9. The Morgan fingerprint density at radius 2 is 0.901 bits per heavy atom. The third-order valence-corrected chi connectivity index (χ3v) is 15.5. The van der Waals surface area contributed by atoms with Gasteiger partial charge in [0.25, 0.3) is 29.7 Å². The Morgan fingerprint density at radius 1 is 0.622 bits per heavy atom. The van der Waals surface area contributed by atoms with Crippen LogP contribution in [0.2, 0.25) is 60.5 Å². The number of amides is 3. The number of ether oxygens (including phenoxy) is 4. The van der Waals surface area contributed by atoms with Crippen LogP contribution in [0.15, 0.2) is 83.0 Å². The fourth-order valence-corrected chi connectivity index (χ4v) is 10.7. The summed E-state index contributed by atoms with van der Waals surface area (Å²) in [7, 11) is 14.2. The maximum absolute atomic E-state index is 11.8. The van der Waals surface area contributed by atoms with Crippen molar-refractivity contribution >= 4 is 308 Å². The van der Waals surface area contributed by atoms with E-state index in [1.54, 1.807) is 36.1 Å². The van der Waals surface area contributed by atoms with Crippen molar-refractivity contribution in [1.29, 1.82) is 0 Å². The van der Waals surface area contributed by atoms with Crippen LogP contribution in [-0.2, 0) is 38.4 Å². The predicted octanol–water partition coefficient (Wildman–Crippen LogP) is 12.8. The number of likely N-dealkylation sites (tertiary alicyclic amines) is 1. The second-order valence-electron chi connectivity index (χ2n) is 21.1. The number of piperidine rings is 1. The smallest absolute Gasteiger partial charge is 1.00 e. The number of nitro groups is 2. The third kappa shape index (κ3) is 44.2. The van der Waals surface area contributed by atoms with E-state index >= 15 is 0 Å². The van der Waals surface area contributed by atoms with Gasteiger partial charge in [-0.3, -0.25) is 49.0 Å². The van der Waals surface area contributed by atoms with Crippen LogP contribution in [0.25, 0.3) is 0 Å². The van der Waals surface area contributed by atoms with Gasteiger partial charge in [0.2, 0.25) is 0 Å². The number of hydrazone groups is 2. The molecule has 1 aromatic heterocycles. The van der Waals surface area contributed by atoms with Crippen LogP contribution in [0.3, 0.4) is 0 Å². The molecule has 6 aromatic rings. The Labute approximate surface area is 823 Å². The normalized spacial score (nSPS) is 12.4. The number of halogens is 17. The SMILES string of the molecule is BrB(Br)Br.CC(C)(C)OC(=O)N1CCC(CC(=O)O)CC1.CC1=NN(c2cc(Cl)c(O)c(Cl)c2)C(=O)CC1=O.COc1c(Cl)cc(N)cc1Cl.COc1c(Cl)cc(N2N=C(C)C(=O)CC2=O)cc1Cl.COc1c(Cl)cc([N+](=O)[O-])cc1Cl.Clc1ccc(Cl)nn1.O=CO[O-].O=[N+]([O-])c1cc(Cl)c(O)c(Cl)c1.[Cl][Sn][Cl].[H-].[K+].[K+]. The van der Waals surface area contributed by atoms with Crippen LogP contribution in [0.5, 0.6) is 28.7 Å². The molecule has 3 aliphatic rings. The predicted molar refractivity (Wildman–Crippen MR) is 437 cm³/mol. The molecule has 0 spiro atoms. The molecule has 5 aromatic carbocycles. The summed E-state index contributed by atoms with van der Waals surface area (Å²) in [6.45, 7) is 9.58. The van der Waals surface area contributed by atoms with Gasteiger partial charge in [-0.05, 0) is 102 Å². The Bertz CT molecular complexity index is 4090. The summed E-state index contributed by atoms with van der Waals surface area (Å²) in [5.74, 6) is -1.64. The van der Waals surface area contributed by atoms with Crippen LogP contribution in [-0.4, -0.2) is 156 Å². The minimum Gasteiger partial charge on any atom is -1.00 e. The number of carbonyl (C=O) groups excluding carboxylic acids is 6. The maximum Gasteiger partial charge on any atom is 1.00 e. The van der Waals surface area contributed by atoms with E-state index in [1.165, 1.54) is 64.7 Å². The number of nitrogens with two attached hydrogens (primary N) is 1. The van der Waals surface area contributed by atoms with Gasteiger partial charge in [-0.2, -0.15) is 20.2 Å². The molecule has 9 rings (SSSR count). The first-order valence-corrected chi connectivity index (χ1v) is 43.5. The number of Topliss-reactive ketones (excluding diaryl/α,β-unsaturated/α-hetero) is 2. The molecule has 3 amide bonds. The van der Waals surface area contributed by atoms with Crippen molar-refractivity contribution in [2.75, 3.05) is 50.2 Å². The van der Waals surface area contributed by atoms with E-state index in [2.05, 4.69) is 72.6 Å². The molecule has 4 heterocycles. The Morgan fingerprint density at radius 3 is 1.17 bits per heavy atom. The molecule has 0 unspecified atom stereocenters. The third-order valence-electron chi connectivity index (χ3n) is 12.3. The number of rotatable bonds is 10. The number of benzene rings is 5. The van der Waals surface area contributed by atoms with Crippen molar-refractivity contribution in [3.8, 4) is 28.7 Å². The molecule has 111 heavy (non-hydrogen) atoms. The average molecular weight is 2180 g/mol. The summed E-state index contributed by atoms with van der Waals surface area (Å²) in [5, 5.41) is 75.2. The Balaban J connectivity index is -0.000000598. The van der Waals surface area contributed by atoms with E-state index in [0.29, 0.717) is 62.0 Å². The molecule has 30 nitrogen and oxygen atoms in total. The average Bonchev–Trinajstić information content (AvgIpc) is 0.807. The van der Waals surface area contributed by atoms with Crippen LogP contribution in [0.1, 0.15) is 68.1 Å². The number of ketones is 2. The molecule has 1 saturated heterocycles. The minimum absolute atomic E-state index is 0. The molecular weight excluding hydrogens is 2120 g/mol. The monoisotopic (exact) mass is 2170 g/mol. The second-order valence-corrected chi connectivity index (χ2v) is 36.6. The summed E-state index contributed by atoms with van der Waals surface area (Å²) in [6.07, 6.45) is 0.924. The fourth-order valence-electron chi connectivity index (χ4n) is 7.62. The number of carbonyl (C=O) groups is 7. The largest absolute Gasteiger partial charge is 1.00 e. The van der Waals surface area contributed by atoms with E-state index < -0.39 is 52.1 Å². The molecule has 0 aliphatic carbocycles. The van der Waals surface area contributed by atoms with E-state index in [-0.39, 0.29) is 237 Å². The second kappa shape index (κ2) is 59.0. The van der Waals surface area contributed by atoms with Crippen LogP contribution in [0, 0.1) is 26.1 Å². The van der Waals surface area contributed by atoms with Gasteiger partial charge in [-0.15, -0.1) is 57.5 Å². The van der Waals surface area contributed by atoms with Gasteiger partial charge >= 0.3 is 155 Å². The van der Waals surface area contributed by atoms with Gasteiger partial charge in [-0.25, -0.2) is 4.79 Å². The van der Waals surface area contributed by atoms with Crippen molar-refractivity contribution in [3.63, 3.8) is 0 Å². The number of hydrogen-bond acceptors (Lipinski definition) is 24. The van der Waals surface area contributed by atoms with Crippen molar-refractivity contribution < 1.29 is 192 Å². The Hall–Kier alpha value is -1.79. The van der Waals surface area contributed by atoms with Crippen molar-refractivity contribution in [1.82, 2.24) is 15.1 Å². The standard InChI is InChI=1S/C12H10Cl2N2O3.C12H21NO4.C11H8Cl2N2O3.C7H5Cl2NO3.C7H7Cl2NO.C6H3Cl2NO3.C4H2Cl2N2.CH2O3.BBr3.2ClH.2K.Sn.H/c1-6-10(17)5-11(18)16(15-6)7-3-8(13)12(19-2)9(14)4-7;1-12(2,3)17-11(16)13-6-4-9(5-7-13)8-10(14)15;1-5-9(16)4-10(17)15(14-5)6-2-7(12)11(18)8(13)3-6;1-13-7-5(8)2-4(10(11)12)3-6(7)9;1-11-7-5(8)2-4(10)3-6(7)9;7-4-1-3(9(11)12)2-5(8)6(4)10;5-3-1-2-4(6)8-7-3;2-1-4-3;2-1(3)4;;;;;;/h3-4H,5H2,1-2H3;9H,4-8H2,1-3H3,(H,14,15);2-3,18H,4H2,1H3;2-3H,1H3;2-3H,10H2,1H3;1-2,10H;1-2H;1,3H;;2*1H;;;;/q;;;;;;;;;;;2*+1;+2;-1/p-3. The van der Waals surface area contributed by atoms with Gasteiger partial charge in [0.1, 0.15) is 17.0 Å². The zero-order valence-corrected chi connectivity index (χ0v) is 83.4. The van der Waals surface area contributed by atoms with E-state index in [1.807, 2.05) is 20.8 Å². The zero-order chi connectivity index (χ0) is 84.1. The first-order valence-electron chi connectivity index (χ1n) is 29.0. The quantitative estimate of drug-likeness (QED) is 0.0188. The van der Waals surface area contributed by atoms with Crippen LogP contribution >= 0.6 is 204 Å². The number of carboxylic acid groups (broad SMARTS) is 1. The van der Waals surface area contributed by atoms with Crippen molar-refractivity contribution in [2.45, 2.75) is 72.3 Å². The molecule has 1 fully saturated rings. The summed E-state index contributed by atoms with van der Waals surface area (Å²) >= 11 is 76.4. The molecule has 3 aliphatic heterocycles. The molecular formula is C60H58BBr3Cl14K2N10O20Sn. The van der Waals surface area contributed by atoms with Crippen LogP contribution < -0.4 is 138 Å². The summed E-state index contributed by atoms with van der Waals surface area (Å²) in [5.41, 5.74) is 6.30. The molecule has 0 bridgehead atoms. The molecule has 5 N–H and O–H groups in total. The number of hydrogen-bond donors (Lipinski definition) is 4. The van der Waals surface area contributed by atoms with Gasteiger partial charge in [0, 0.05) is 49.5 Å². The van der Waals surface area contributed by atoms with Crippen LogP contribution in [0.4, 0.5) is 33.2 Å². The number of nitrogens with zero attached hydrogens (tertiary/aromatic N) is 9. The number of phenols is 2. The number of non-ortho nitro benzene ring substituents is 2. The number of methoxy groups -OCH3 is 3. The Kier molecular flexibility index (Phi) is 60.2. The molecule has 0 saturated carbocycles. The first kappa shape index (κ1) is 113. The number of aromatic nitrogens is 2. The van der Waals surface area contributed by atoms with Gasteiger partial charge in [0.05, 0.1) is 106 Å².